The Morgan fingerprint density at radius 1 is 1.14 bits per heavy atom. The summed E-state index contributed by atoms with van der Waals surface area (Å²) in [6.07, 6.45) is 0. The van der Waals surface area contributed by atoms with Gasteiger partial charge in [0.1, 0.15) is 0 Å². The fourth-order valence-electron chi connectivity index (χ4n) is 1.88. The van der Waals surface area contributed by atoms with Gasteiger partial charge in [0.2, 0.25) is 0 Å². The van der Waals surface area contributed by atoms with E-state index in [0.29, 0.717) is 5.56 Å². The lowest BCUT2D eigenvalue weighted by Crippen LogP contribution is -2.26. The van der Waals surface area contributed by atoms with Crippen molar-refractivity contribution < 1.29 is 18.5 Å². The van der Waals surface area contributed by atoms with Crippen LogP contribution in [0.2, 0.25) is 0 Å². The fraction of sp³-hybridized carbons (Fsp3) is 0.133. The highest BCUT2D eigenvalue weighted by molar-refractivity contribution is 5.94. The summed E-state index contributed by atoms with van der Waals surface area (Å²) in [5.74, 6) is -2.42. The molecule has 0 spiro atoms. The van der Waals surface area contributed by atoms with Crippen LogP contribution in [0.5, 0.6) is 0 Å². The molecule has 0 heterocycles. The van der Waals surface area contributed by atoms with Crippen molar-refractivity contribution in [3.8, 4) is 0 Å². The van der Waals surface area contributed by atoms with Gasteiger partial charge in [-0.25, -0.2) is 8.78 Å². The molecule has 1 atom stereocenters. The number of nitro benzene ring substituents is 1. The molecule has 1 unspecified atom stereocenters. The first-order chi connectivity index (χ1) is 10.4. The maximum Gasteiger partial charge on any atom is 0.269 e. The quantitative estimate of drug-likeness (QED) is 0.695. The molecule has 7 heteroatoms. The van der Waals surface area contributed by atoms with E-state index in [2.05, 4.69) is 5.32 Å². The van der Waals surface area contributed by atoms with Crippen molar-refractivity contribution in [3.05, 3.63) is 75.3 Å². The third-order valence-corrected chi connectivity index (χ3v) is 3.13. The highest BCUT2D eigenvalue weighted by Crippen LogP contribution is 2.17. The molecule has 2 aromatic carbocycles. The predicted molar refractivity (Wildman–Crippen MR) is 75.3 cm³/mol. The lowest BCUT2D eigenvalue weighted by atomic mass is 10.1. The van der Waals surface area contributed by atoms with Gasteiger partial charge in [-0.3, -0.25) is 14.9 Å². The minimum absolute atomic E-state index is 0.120. The number of halogens is 2. The first-order valence-corrected chi connectivity index (χ1v) is 6.38. The summed E-state index contributed by atoms with van der Waals surface area (Å²) >= 11 is 0. The Labute approximate surface area is 124 Å². The van der Waals surface area contributed by atoms with Crippen molar-refractivity contribution >= 4 is 11.6 Å². The number of carbonyl (C=O) groups is 1. The molecule has 2 rings (SSSR count). The van der Waals surface area contributed by atoms with Crippen molar-refractivity contribution in [2.75, 3.05) is 0 Å². The number of nitrogens with one attached hydrogen (secondary N) is 1. The van der Waals surface area contributed by atoms with Crippen molar-refractivity contribution in [2.45, 2.75) is 13.0 Å². The molecule has 0 aromatic heterocycles. The SMILES string of the molecule is CC(NC(=O)c1ccc([N+](=O)[O-])cc1)c1ccc(F)c(F)c1. The molecule has 5 nitrogen and oxygen atoms in total. The van der Waals surface area contributed by atoms with Gasteiger partial charge in [0.15, 0.2) is 11.6 Å². The van der Waals surface area contributed by atoms with Crippen LogP contribution in [0, 0.1) is 21.7 Å². The van der Waals surface area contributed by atoms with Crippen LogP contribution in [0.3, 0.4) is 0 Å². The summed E-state index contributed by atoms with van der Waals surface area (Å²) in [5.41, 5.74) is 0.527. The Bertz CT molecular complexity index is 717. The zero-order chi connectivity index (χ0) is 16.3. The number of nitro groups is 1. The van der Waals surface area contributed by atoms with Gasteiger partial charge in [-0.15, -0.1) is 0 Å². The molecule has 0 bridgehead atoms. The maximum atomic E-state index is 13.2. The molecule has 0 radical (unpaired) electrons. The van der Waals surface area contributed by atoms with Gasteiger partial charge in [0, 0.05) is 17.7 Å². The summed E-state index contributed by atoms with van der Waals surface area (Å²) in [7, 11) is 0. The van der Waals surface area contributed by atoms with Gasteiger partial charge in [-0.1, -0.05) is 6.07 Å². The number of nitrogens with zero attached hydrogens (tertiary/aromatic N) is 1. The number of non-ortho nitro benzene ring substituents is 1. The summed E-state index contributed by atoms with van der Waals surface area (Å²) in [5, 5.41) is 13.2. The molecule has 2 aromatic rings. The van der Waals surface area contributed by atoms with Crippen LogP contribution in [0.1, 0.15) is 28.9 Å². The largest absolute Gasteiger partial charge is 0.346 e. The fourth-order valence-corrected chi connectivity index (χ4v) is 1.88. The smallest absolute Gasteiger partial charge is 0.269 e. The highest BCUT2D eigenvalue weighted by atomic mass is 19.2. The van der Waals surface area contributed by atoms with Crippen molar-refractivity contribution in [2.24, 2.45) is 0 Å². The number of amides is 1. The molecule has 114 valence electrons. The van der Waals surface area contributed by atoms with Crippen LogP contribution in [-0.2, 0) is 0 Å². The molecular formula is C15H12F2N2O3. The van der Waals surface area contributed by atoms with E-state index < -0.39 is 28.5 Å². The van der Waals surface area contributed by atoms with E-state index in [4.69, 9.17) is 0 Å². The van der Waals surface area contributed by atoms with Crippen molar-refractivity contribution in [1.82, 2.24) is 5.32 Å². The second-order valence-corrected chi connectivity index (χ2v) is 4.67. The molecule has 0 saturated heterocycles. The Balaban J connectivity index is 2.10. The number of hydrogen-bond acceptors (Lipinski definition) is 3. The zero-order valence-electron chi connectivity index (χ0n) is 11.5. The topological polar surface area (TPSA) is 72.2 Å². The molecular weight excluding hydrogens is 294 g/mol. The summed E-state index contributed by atoms with van der Waals surface area (Å²) in [6, 6.07) is 7.91. The molecule has 1 N–H and O–H groups in total. The van der Waals surface area contributed by atoms with Crippen LogP contribution in [0.4, 0.5) is 14.5 Å². The van der Waals surface area contributed by atoms with E-state index in [0.717, 1.165) is 12.1 Å². The number of hydrogen-bond donors (Lipinski definition) is 1. The second kappa shape index (κ2) is 6.30. The predicted octanol–water partition coefficient (Wildman–Crippen LogP) is 3.36. The van der Waals surface area contributed by atoms with Crippen molar-refractivity contribution in [1.29, 1.82) is 0 Å². The highest BCUT2D eigenvalue weighted by Gasteiger charge is 2.14. The van der Waals surface area contributed by atoms with E-state index in [1.54, 1.807) is 6.92 Å². The van der Waals surface area contributed by atoms with E-state index >= 15 is 0 Å². The normalized spacial score (nSPS) is 11.8. The van der Waals surface area contributed by atoms with Crippen molar-refractivity contribution in [3.63, 3.8) is 0 Å². The molecule has 0 fully saturated rings. The van der Waals surface area contributed by atoms with Gasteiger partial charge in [0.25, 0.3) is 11.6 Å². The summed E-state index contributed by atoms with van der Waals surface area (Å²) < 4.78 is 26.0. The third-order valence-electron chi connectivity index (χ3n) is 3.13. The van der Waals surface area contributed by atoms with Gasteiger partial charge in [-0.05, 0) is 36.8 Å². The summed E-state index contributed by atoms with van der Waals surface area (Å²) in [6.45, 7) is 1.62. The van der Waals surface area contributed by atoms with Gasteiger partial charge in [-0.2, -0.15) is 0 Å². The van der Waals surface area contributed by atoms with Crippen LogP contribution < -0.4 is 5.32 Å². The van der Waals surface area contributed by atoms with Gasteiger partial charge in [0.05, 0.1) is 11.0 Å². The average molecular weight is 306 g/mol. The number of rotatable bonds is 4. The second-order valence-electron chi connectivity index (χ2n) is 4.67. The van der Waals surface area contributed by atoms with Crippen LogP contribution in [0.15, 0.2) is 42.5 Å². The average Bonchev–Trinajstić information content (AvgIpc) is 2.50. The Morgan fingerprint density at radius 3 is 2.32 bits per heavy atom. The molecule has 0 aliphatic heterocycles. The zero-order valence-corrected chi connectivity index (χ0v) is 11.5. The molecule has 1 amide bonds. The summed E-state index contributed by atoms with van der Waals surface area (Å²) in [4.78, 5) is 22.0. The minimum atomic E-state index is -0.992. The molecule has 22 heavy (non-hydrogen) atoms. The first kappa shape index (κ1) is 15.6. The Morgan fingerprint density at radius 2 is 1.77 bits per heavy atom. The maximum absolute atomic E-state index is 13.2. The van der Waals surface area contributed by atoms with Crippen LogP contribution >= 0.6 is 0 Å². The Hall–Kier alpha value is -2.83. The van der Waals surface area contributed by atoms with E-state index in [1.807, 2.05) is 0 Å². The first-order valence-electron chi connectivity index (χ1n) is 6.38. The van der Waals surface area contributed by atoms with E-state index in [9.17, 15) is 23.7 Å². The molecule has 0 aliphatic carbocycles. The molecule has 0 aliphatic rings. The van der Waals surface area contributed by atoms with E-state index in [1.165, 1.54) is 30.3 Å². The number of carbonyl (C=O) groups excluding carboxylic acids is 1. The lowest BCUT2D eigenvalue weighted by Gasteiger charge is -2.14. The standard InChI is InChI=1S/C15H12F2N2O3/c1-9(11-4-7-13(16)14(17)8-11)18-15(20)10-2-5-12(6-3-10)19(21)22/h2-9H,1H3,(H,18,20). The third kappa shape index (κ3) is 3.43. The van der Waals surface area contributed by atoms with Gasteiger partial charge >= 0.3 is 0 Å². The van der Waals surface area contributed by atoms with Crippen LogP contribution in [0.25, 0.3) is 0 Å². The van der Waals surface area contributed by atoms with Gasteiger partial charge < -0.3 is 5.32 Å². The number of benzene rings is 2. The lowest BCUT2D eigenvalue weighted by molar-refractivity contribution is -0.384. The molecule has 0 saturated carbocycles. The minimum Gasteiger partial charge on any atom is -0.346 e. The van der Waals surface area contributed by atoms with E-state index in [-0.39, 0.29) is 11.3 Å². The van der Waals surface area contributed by atoms with Crippen LogP contribution in [-0.4, -0.2) is 10.8 Å². The Kier molecular flexibility index (Phi) is 4.45. The monoisotopic (exact) mass is 306 g/mol.